The summed E-state index contributed by atoms with van der Waals surface area (Å²) in [7, 11) is 1.97. The highest BCUT2D eigenvalue weighted by atomic mass is 15.2. The van der Waals surface area contributed by atoms with Gasteiger partial charge in [-0.15, -0.1) is 0 Å². The van der Waals surface area contributed by atoms with E-state index in [1.165, 1.54) is 18.5 Å². The normalized spacial score (nSPS) is 11.4. The lowest BCUT2D eigenvalue weighted by atomic mass is 10.2. The molecular weight excluding hydrogens is 212 g/mol. The summed E-state index contributed by atoms with van der Waals surface area (Å²) in [6, 6.07) is 0. The monoisotopic (exact) mass is 238 g/mol. The highest BCUT2D eigenvalue weighted by molar-refractivity contribution is 5.14. The predicted octanol–water partition coefficient (Wildman–Crippen LogP) is 1.55. The van der Waals surface area contributed by atoms with Crippen molar-refractivity contribution in [2.75, 3.05) is 26.2 Å². The molecule has 17 heavy (non-hydrogen) atoms. The summed E-state index contributed by atoms with van der Waals surface area (Å²) in [4.78, 5) is 2.46. The van der Waals surface area contributed by atoms with Crippen LogP contribution in [0.1, 0.15) is 31.5 Å². The lowest BCUT2D eigenvalue weighted by Gasteiger charge is -2.17. The molecule has 1 rings (SSSR count). The average Bonchev–Trinajstić information content (AvgIpc) is 2.62. The number of nitrogens with one attached hydrogen (secondary N) is 1. The lowest BCUT2D eigenvalue weighted by Crippen LogP contribution is -2.27. The van der Waals surface area contributed by atoms with E-state index < -0.39 is 0 Å². The van der Waals surface area contributed by atoms with E-state index in [2.05, 4.69) is 42.3 Å². The average molecular weight is 238 g/mol. The van der Waals surface area contributed by atoms with Crippen LogP contribution in [-0.4, -0.2) is 40.9 Å². The van der Waals surface area contributed by atoms with Gasteiger partial charge in [0.2, 0.25) is 0 Å². The molecule has 0 aliphatic heterocycles. The van der Waals surface area contributed by atoms with E-state index in [9.17, 15) is 0 Å². The van der Waals surface area contributed by atoms with Gasteiger partial charge in [0, 0.05) is 25.4 Å². The minimum Gasteiger partial charge on any atom is -0.312 e. The van der Waals surface area contributed by atoms with Gasteiger partial charge in [-0.05, 0) is 39.5 Å². The van der Waals surface area contributed by atoms with E-state index in [1.807, 2.05) is 11.7 Å². The summed E-state index contributed by atoms with van der Waals surface area (Å²) in [5.41, 5.74) is 2.43. The topological polar surface area (TPSA) is 33.1 Å². The Hall–Kier alpha value is -0.870. The first kappa shape index (κ1) is 14.2. The van der Waals surface area contributed by atoms with E-state index in [0.29, 0.717) is 0 Å². The molecule has 0 atom stereocenters. The Morgan fingerprint density at radius 2 is 2.06 bits per heavy atom. The molecule has 0 aromatic carbocycles. The molecule has 0 aliphatic carbocycles. The zero-order valence-electron chi connectivity index (χ0n) is 11.7. The number of aryl methyl sites for hydroxylation is 2. The highest BCUT2D eigenvalue weighted by Gasteiger charge is 2.02. The summed E-state index contributed by atoms with van der Waals surface area (Å²) in [6.07, 6.45) is 3.30. The molecule has 98 valence electrons. The van der Waals surface area contributed by atoms with Gasteiger partial charge < -0.3 is 10.2 Å². The number of hydrogen-bond donors (Lipinski definition) is 1. The quantitative estimate of drug-likeness (QED) is 0.698. The van der Waals surface area contributed by atoms with Gasteiger partial charge in [-0.25, -0.2) is 0 Å². The van der Waals surface area contributed by atoms with Crippen LogP contribution in [0, 0.1) is 6.92 Å². The van der Waals surface area contributed by atoms with E-state index in [0.717, 1.165) is 31.9 Å². The van der Waals surface area contributed by atoms with Gasteiger partial charge in [0.1, 0.15) is 0 Å². The first-order chi connectivity index (χ1) is 8.17. The Labute approximate surface area is 105 Å². The number of hydrogen-bond acceptors (Lipinski definition) is 3. The van der Waals surface area contributed by atoms with Gasteiger partial charge in [0.25, 0.3) is 0 Å². The second-order valence-electron chi connectivity index (χ2n) is 4.47. The Bertz CT molecular complexity index is 315. The molecule has 1 N–H and O–H groups in total. The van der Waals surface area contributed by atoms with E-state index in [1.54, 1.807) is 0 Å². The molecule has 0 bridgehead atoms. The summed E-state index contributed by atoms with van der Waals surface area (Å²) in [5.74, 6) is 0. The van der Waals surface area contributed by atoms with Crippen molar-refractivity contribution < 1.29 is 0 Å². The molecule has 0 spiro atoms. The molecule has 4 nitrogen and oxygen atoms in total. The smallest absolute Gasteiger partial charge is 0.0638 e. The number of aromatic nitrogens is 2. The van der Waals surface area contributed by atoms with Gasteiger partial charge in [0.15, 0.2) is 0 Å². The third kappa shape index (κ3) is 4.88. The van der Waals surface area contributed by atoms with Crippen LogP contribution in [0.3, 0.4) is 0 Å². The zero-order chi connectivity index (χ0) is 12.7. The van der Waals surface area contributed by atoms with Crippen LogP contribution in [0.2, 0.25) is 0 Å². The maximum atomic E-state index is 4.33. The molecular formula is C13H26N4. The zero-order valence-corrected chi connectivity index (χ0v) is 11.7. The van der Waals surface area contributed by atoms with Gasteiger partial charge >= 0.3 is 0 Å². The molecule has 1 heterocycles. The fourth-order valence-electron chi connectivity index (χ4n) is 2.01. The largest absolute Gasteiger partial charge is 0.312 e. The summed E-state index contributed by atoms with van der Waals surface area (Å²) in [6.45, 7) is 12.0. The lowest BCUT2D eigenvalue weighted by molar-refractivity contribution is 0.298. The van der Waals surface area contributed by atoms with Gasteiger partial charge in [-0.1, -0.05) is 13.8 Å². The molecule has 0 unspecified atom stereocenters. The van der Waals surface area contributed by atoms with Crippen molar-refractivity contribution in [2.45, 2.75) is 33.7 Å². The van der Waals surface area contributed by atoms with Crippen molar-refractivity contribution in [3.05, 3.63) is 17.5 Å². The Morgan fingerprint density at radius 3 is 2.59 bits per heavy atom. The van der Waals surface area contributed by atoms with Crippen LogP contribution < -0.4 is 5.32 Å². The summed E-state index contributed by atoms with van der Waals surface area (Å²) in [5, 5.41) is 7.81. The van der Waals surface area contributed by atoms with Crippen LogP contribution in [0.25, 0.3) is 0 Å². The van der Waals surface area contributed by atoms with Crippen LogP contribution in [0.4, 0.5) is 0 Å². The highest BCUT2D eigenvalue weighted by Crippen LogP contribution is 2.03. The fourth-order valence-corrected chi connectivity index (χ4v) is 2.01. The molecule has 0 fully saturated rings. The molecule has 1 aromatic rings. The van der Waals surface area contributed by atoms with E-state index >= 15 is 0 Å². The Kier molecular flexibility index (Phi) is 6.22. The van der Waals surface area contributed by atoms with Crippen molar-refractivity contribution in [1.29, 1.82) is 0 Å². The molecule has 0 amide bonds. The minimum absolute atomic E-state index is 0.928. The second kappa shape index (κ2) is 7.45. The maximum absolute atomic E-state index is 4.33. The van der Waals surface area contributed by atoms with Crippen LogP contribution in [0.5, 0.6) is 0 Å². The third-order valence-electron chi connectivity index (χ3n) is 3.15. The first-order valence-corrected chi connectivity index (χ1v) is 6.59. The predicted molar refractivity (Wildman–Crippen MR) is 72.1 cm³/mol. The SMILES string of the molecule is CCN(CC)CCCNCc1cn(C)nc1C. The van der Waals surface area contributed by atoms with Gasteiger partial charge in [-0.2, -0.15) is 5.10 Å². The maximum Gasteiger partial charge on any atom is 0.0638 e. The number of nitrogens with zero attached hydrogens (tertiary/aromatic N) is 3. The van der Waals surface area contributed by atoms with Crippen LogP contribution in [0.15, 0.2) is 6.20 Å². The van der Waals surface area contributed by atoms with Crippen molar-refractivity contribution in [3.8, 4) is 0 Å². The summed E-state index contributed by atoms with van der Waals surface area (Å²) < 4.78 is 1.88. The molecule has 0 aliphatic rings. The second-order valence-corrected chi connectivity index (χ2v) is 4.47. The first-order valence-electron chi connectivity index (χ1n) is 6.59. The summed E-state index contributed by atoms with van der Waals surface area (Å²) >= 11 is 0. The van der Waals surface area contributed by atoms with Crippen molar-refractivity contribution in [2.24, 2.45) is 7.05 Å². The van der Waals surface area contributed by atoms with E-state index in [4.69, 9.17) is 0 Å². The van der Waals surface area contributed by atoms with Gasteiger partial charge in [0.05, 0.1) is 5.69 Å². The van der Waals surface area contributed by atoms with Crippen molar-refractivity contribution >= 4 is 0 Å². The standard InChI is InChI=1S/C13H26N4/c1-5-17(6-2)9-7-8-14-10-13-11-16(4)15-12(13)3/h11,14H,5-10H2,1-4H3. The Morgan fingerprint density at radius 1 is 1.35 bits per heavy atom. The fraction of sp³-hybridized carbons (Fsp3) is 0.769. The van der Waals surface area contributed by atoms with E-state index in [-0.39, 0.29) is 0 Å². The number of rotatable bonds is 8. The van der Waals surface area contributed by atoms with Crippen molar-refractivity contribution in [3.63, 3.8) is 0 Å². The van der Waals surface area contributed by atoms with Crippen LogP contribution in [-0.2, 0) is 13.6 Å². The Balaban J connectivity index is 2.14. The molecule has 0 radical (unpaired) electrons. The minimum atomic E-state index is 0.928. The third-order valence-corrected chi connectivity index (χ3v) is 3.15. The van der Waals surface area contributed by atoms with Crippen molar-refractivity contribution in [1.82, 2.24) is 20.0 Å². The molecule has 0 saturated carbocycles. The van der Waals surface area contributed by atoms with Gasteiger partial charge in [-0.3, -0.25) is 4.68 Å². The van der Waals surface area contributed by atoms with Crippen LogP contribution >= 0.6 is 0 Å². The molecule has 0 saturated heterocycles. The molecule has 1 aromatic heterocycles. The molecule has 4 heteroatoms.